The van der Waals surface area contributed by atoms with Gasteiger partial charge in [0.25, 0.3) is 0 Å². The second kappa shape index (κ2) is 6.83. The number of benzene rings is 1. The van der Waals surface area contributed by atoms with E-state index in [1.54, 1.807) is 0 Å². The van der Waals surface area contributed by atoms with Gasteiger partial charge in [-0.25, -0.2) is 8.78 Å². The Bertz CT molecular complexity index is 357. The molecule has 0 saturated carbocycles. The van der Waals surface area contributed by atoms with Crippen molar-refractivity contribution in [1.29, 1.82) is 0 Å². The van der Waals surface area contributed by atoms with Crippen LogP contribution in [0.3, 0.4) is 0 Å². The van der Waals surface area contributed by atoms with Crippen LogP contribution in [0.5, 0.6) is 0 Å². The first-order chi connectivity index (χ1) is 8.47. The first-order valence-corrected chi connectivity index (χ1v) is 6.63. The van der Waals surface area contributed by atoms with E-state index in [9.17, 15) is 8.78 Å². The molecule has 1 rings (SSSR count). The van der Waals surface area contributed by atoms with Gasteiger partial charge in [0.15, 0.2) is 0 Å². The molecule has 0 aliphatic rings. The summed E-state index contributed by atoms with van der Waals surface area (Å²) in [7, 11) is 0. The maximum absolute atomic E-state index is 13.6. The summed E-state index contributed by atoms with van der Waals surface area (Å²) in [6.45, 7) is 9.20. The Balaban J connectivity index is 2.89. The standard InChI is InChI=1S/C15H23F2N/c1-5-18-15(11(4)10(2)3)9-12-13(16)7-6-8-14(12)17/h6-8,10-11,15,18H,5,9H2,1-4H3. The minimum absolute atomic E-state index is 0.0985. The van der Waals surface area contributed by atoms with E-state index in [0.29, 0.717) is 18.3 Å². The highest BCUT2D eigenvalue weighted by Gasteiger charge is 2.22. The van der Waals surface area contributed by atoms with E-state index in [2.05, 4.69) is 26.1 Å². The van der Waals surface area contributed by atoms with Gasteiger partial charge in [-0.2, -0.15) is 0 Å². The molecular weight excluding hydrogens is 232 g/mol. The minimum atomic E-state index is -0.450. The van der Waals surface area contributed by atoms with Crippen LogP contribution in [0.1, 0.15) is 33.3 Å². The zero-order valence-corrected chi connectivity index (χ0v) is 11.6. The van der Waals surface area contributed by atoms with Gasteiger partial charge in [-0.1, -0.05) is 33.8 Å². The van der Waals surface area contributed by atoms with Gasteiger partial charge < -0.3 is 5.32 Å². The van der Waals surface area contributed by atoms with Crippen LogP contribution in [0.25, 0.3) is 0 Å². The van der Waals surface area contributed by atoms with Crippen molar-refractivity contribution in [3.05, 3.63) is 35.4 Å². The van der Waals surface area contributed by atoms with Crippen molar-refractivity contribution in [2.24, 2.45) is 11.8 Å². The van der Waals surface area contributed by atoms with E-state index in [-0.39, 0.29) is 11.6 Å². The van der Waals surface area contributed by atoms with Crippen LogP contribution in [0.4, 0.5) is 8.78 Å². The highest BCUT2D eigenvalue weighted by molar-refractivity contribution is 5.21. The van der Waals surface area contributed by atoms with Crippen molar-refractivity contribution in [3.63, 3.8) is 0 Å². The molecule has 0 spiro atoms. The Morgan fingerprint density at radius 3 is 2.11 bits per heavy atom. The minimum Gasteiger partial charge on any atom is -0.314 e. The number of rotatable bonds is 6. The van der Waals surface area contributed by atoms with Gasteiger partial charge in [-0.3, -0.25) is 0 Å². The summed E-state index contributed by atoms with van der Waals surface area (Å²) < 4.78 is 27.3. The average molecular weight is 255 g/mol. The second-order valence-corrected chi connectivity index (χ2v) is 5.17. The SMILES string of the molecule is CCNC(Cc1c(F)cccc1F)C(C)C(C)C. The Kier molecular flexibility index (Phi) is 5.73. The van der Waals surface area contributed by atoms with Crippen molar-refractivity contribution in [1.82, 2.24) is 5.32 Å². The second-order valence-electron chi connectivity index (χ2n) is 5.17. The Hall–Kier alpha value is -0.960. The van der Waals surface area contributed by atoms with Crippen LogP contribution in [-0.2, 0) is 6.42 Å². The first-order valence-electron chi connectivity index (χ1n) is 6.63. The molecule has 1 nitrogen and oxygen atoms in total. The van der Waals surface area contributed by atoms with Crippen molar-refractivity contribution in [2.45, 2.75) is 40.2 Å². The van der Waals surface area contributed by atoms with Crippen LogP contribution in [0.15, 0.2) is 18.2 Å². The molecule has 0 aromatic heterocycles. The van der Waals surface area contributed by atoms with E-state index >= 15 is 0 Å². The van der Waals surface area contributed by atoms with Gasteiger partial charge in [-0.05, 0) is 36.9 Å². The van der Waals surface area contributed by atoms with E-state index in [4.69, 9.17) is 0 Å². The molecule has 18 heavy (non-hydrogen) atoms. The monoisotopic (exact) mass is 255 g/mol. The first kappa shape index (κ1) is 15.1. The molecule has 2 unspecified atom stereocenters. The van der Waals surface area contributed by atoms with Gasteiger partial charge in [0.05, 0.1) is 0 Å². The molecule has 0 amide bonds. The van der Waals surface area contributed by atoms with Crippen LogP contribution in [0, 0.1) is 23.5 Å². The summed E-state index contributed by atoms with van der Waals surface area (Å²) in [6.07, 6.45) is 0.395. The Morgan fingerprint density at radius 1 is 1.11 bits per heavy atom. The number of hydrogen-bond acceptors (Lipinski definition) is 1. The molecule has 0 saturated heterocycles. The van der Waals surface area contributed by atoms with Crippen LogP contribution in [-0.4, -0.2) is 12.6 Å². The zero-order chi connectivity index (χ0) is 13.7. The normalized spacial score (nSPS) is 14.8. The van der Waals surface area contributed by atoms with Crippen LogP contribution in [0.2, 0.25) is 0 Å². The predicted molar refractivity (Wildman–Crippen MR) is 71.5 cm³/mol. The molecule has 0 aliphatic heterocycles. The molecule has 2 atom stereocenters. The van der Waals surface area contributed by atoms with E-state index in [0.717, 1.165) is 6.54 Å². The van der Waals surface area contributed by atoms with Gasteiger partial charge >= 0.3 is 0 Å². The number of halogens is 2. The molecule has 0 radical (unpaired) electrons. The lowest BCUT2D eigenvalue weighted by Gasteiger charge is -2.28. The topological polar surface area (TPSA) is 12.0 Å². The zero-order valence-electron chi connectivity index (χ0n) is 11.6. The summed E-state index contributed by atoms with van der Waals surface area (Å²) in [5.41, 5.74) is 0.191. The molecule has 0 bridgehead atoms. The van der Waals surface area contributed by atoms with Gasteiger partial charge in [0, 0.05) is 11.6 Å². The summed E-state index contributed by atoms with van der Waals surface area (Å²) >= 11 is 0. The van der Waals surface area contributed by atoms with Crippen molar-refractivity contribution < 1.29 is 8.78 Å². The summed E-state index contributed by atoms with van der Waals surface area (Å²) in [4.78, 5) is 0. The summed E-state index contributed by atoms with van der Waals surface area (Å²) in [5, 5.41) is 3.33. The number of nitrogens with one attached hydrogen (secondary N) is 1. The fraction of sp³-hybridized carbons (Fsp3) is 0.600. The molecule has 3 heteroatoms. The lowest BCUT2D eigenvalue weighted by Crippen LogP contribution is -2.39. The molecule has 1 aromatic rings. The highest BCUT2D eigenvalue weighted by atomic mass is 19.1. The summed E-state index contributed by atoms with van der Waals surface area (Å²) in [6, 6.07) is 4.15. The third kappa shape index (κ3) is 3.77. The van der Waals surface area contributed by atoms with Crippen LogP contribution < -0.4 is 5.32 Å². The van der Waals surface area contributed by atoms with Crippen molar-refractivity contribution in [2.75, 3.05) is 6.54 Å². The summed E-state index contributed by atoms with van der Waals surface area (Å²) in [5.74, 6) is -0.0597. The third-order valence-corrected chi connectivity index (χ3v) is 3.64. The fourth-order valence-corrected chi connectivity index (χ4v) is 2.12. The van der Waals surface area contributed by atoms with Crippen molar-refractivity contribution in [3.8, 4) is 0 Å². The predicted octanol–water partition coefficient (Wildman–Crippen LogP) is 3.78. The van der Waals surface area contributed by atoms with Crippen molar-refractivity contribution >= 4 is 0 Å². The van der Waals surface area contributed by atoms with Crippen LogP contribution >= 0.6 is 0 Å². The molecule has 1 aromatic carbocycles. The maximum atomic E-state index is 13.6. The number of likely N-dealkylation sites (N-methyl/N-ethyl adjacent to an activating group) is 1. The molecule has 1 N–H and O–H groups in total. The quantitative estimate of drug-likeness (QED) is 0.815. The van der Waals surface area contributed by atoms with Gasteiger partial charge in [0.2, 0.25) is 0 Å². The smallest absolute Gasteiger partial charge is 0.129 e. The molecular formula is C15H23F2N. The number of hydrogen-bond donors (Lipinski definition) is 1. The van der Waals surface area contributed by atoms with E-state index < -0.39 is 11.6 Å². The molecule has 0 fully saturated rings. The third-order valence-electron chi connectivity index (χ3n) is 3.64. The molecule has 102 valence electrons. The Morgan fingerprint density at radius 2 is 1.67 bits per heavy atom. The van der Waals surface area contributed by atoms with Gasteiger partial charge in [-0.15, -0.1) is 0 Å². The fourth-order valence-electron chi connectivity index (χ4n) is 2.12. The van der Waals surface area contributed by atoms with E-state index in [1.165, 1.54) is 18.2 Å². The average Bonchev–Trinajstić information content (AvgIpc) is 2.31. The van der Waals surface area contributed by atoms with Gasteiger partial charge in [0.1, 0.15) is 11.6 Å². The lowest BCUT2D eigenvalue weighted by molar-refractivity contribution is 0.296. The highest BCUT2D eigenvalue weighted by Crippen LogP contribution is 2.21. The molecule has 0 aliphatic carbocycles. The maximum Gasteiger partial charge on any atom is 0.129 e. The molecule has 0 heterocycles. The Labute approximate surface area is 109 Å². The lowest BCUT2D eigenvalue weighted by atomic mass is 9.86. The largest absolute Gasteiger partial charge is 0.314 e. The van der Waals surface area contributed by atoms with E-state index in [1.807, 2.05) is 6.92 Å².